The average Bonchev–Trinajstić information content (AvgIpc) is 2.85. The first-order valence-corrected chi connectivity index (χ1v) is 12.2. The van der Waals surface area contributed by atoms with Crippen molar-refractivity contribution in [3.8, 4) is 0 Å². The maximum absolute atomic E-state index is 13.5. The Hall–Kier alpha value is -1.45. The largest absolute Gasteiger partial charge is 0.379 e. The van der Waals surface area contributed by atoms with Crippen molar-refractivity contribution in [2.75, 3.05) is 40.5 Å². The van der Waals surface area contributed by atoms with Crippen molar-refractivity contribution in [1.82, 2.24) is 4.90 Å². The van der Waals surface area contributed by atoms with Crippen LogP contribution in [0.15, 0.2) is 40.3 Å². The van der Waals surface area contributed by atoms with Gasteiger partial charge in [-0.1, -0.05) is 68.9 Å². The Morgan fingerprint density at radius 1 is 1.31 bits per heavy atom. The molecular weight excluding hydrogens is 500 g/mol. The first-order chi connectivity index (χ1) is 15.4. The lowest BCUT2D eigenvalue weighted by Crippen LogP contribution is -2.39. The topological polar surface area (TPSA) is 67.9 Å². The highest BCUT2D eigenvalue weighted by Crippen LogP contribution is 2.21. The molecule has 186 valence electrons. The van der Waals surface area contributed by atoms with Crippen molar-refractivity contribution in [3.05, 3.63) is 46.7 Å². The first kappa shape index (κ1) is 35.1. The van der Waals surface area contributed by atoms with Crippen LogP contribution in [0.2, 0.25) is 0 Å². The fourth-order valence-electron chi connectivity index (χ4n) is 2.22. The van der Waals surface area contributed by atoms with Crippen molar-refractivity contribution in [3.63, 3.8) is 0 Å². The Balaban J connectivity index is -0.000000451. The number of amides is 1. The number of halogens is 3. The maximum Gasteiger partial charge on any atom is 0.246 e. The van der Waals surface area contributed by atoms with E-state index in [9.17, 15) is 13.6 Å². The van der Waals surface area contributed by atoms with Crippen LogP contribution in [0.4, 0.5) is 8.78 Å². The van der Waals surface area contributed by atoms with Gasteiger partial charge in [0.15, 0.2) is 5.17 Å². The number of nitrogens with two attached hydrogens (primary N) is 1. The van der Waals surface area contributed by atoms with Crippen LogP contribution >= 0.6 is 27.7 Å². The highest BCUT2D eigenvalue weighted by Gasteiger charge is 2.13. The molecule has 1 aromatic carbocycles. The molecule has 32 heavy (non-hydrogen) atoms. The van der Waals surface area contributed by atoms with E-state index in [4.69, 9.17) is 10.5 Å². The summed E-state index contributed by atoms with van der Waals surface area (Å²) in [6.45, 7) is 16.1. The zero-order valence-corrected chi connectivity index (χ0v) is 22.9. The van der Waals surface area contributed by atoms with Crippen molar-refractivity contribution >= 4 is 38.8 Å². The molecule has 1 aliphatic rings. The first-order valence-electron chi connectivity index (χ1n) is 10.6. The molecule has 1 amide bonds. The number of nitrogens with zero attached hydrogens (tertiary/aromatic N) is 2. The number of rotatable bonds is 4. The Labute approximate surface area is 206 Å². The highest BCUT2D eigenvalue weighted by molar-refractivity contribution is 9.10. The number of hydrogen-bond donors (Lipinski definition) is 1. The van der Waals surface area contributed by atoms with Gasteiger partial charge in [0.25, 0.3) is 0 Å². The number of hydrogen-bond acceptors (Lipinski definition) is 4. The summed E-state index contributed by atoms with van der Waals surface area (Å²) in [7, 11) is 2.15. The van der Waals surface area contributed by atoms with Crippen molar-refractivity contribution in [2.45, 2.75) is 46.3 Å². The van der Waals surface area contributed by atoms with Gasteiger partial charge in [-0.3, -0.25) is 14.2 Å². The van der Waals surface area contributed by atoms with Crippen molar-refractivity contribution in [2.24, 2.45) is 10.7 Å². The molecule has 1 aliphatic heterocycles. The van der Waals surface area contributed by atoms with E-state index in [2.05, 4.69) is 27.5 Å². The number of carbonyl (C=O) groups excluding carboxylic acids is 1. The standard InChI is InChI=1S/C11H14BrFN2S.C7H11NO2.2C2H6.CH3F/c1-7(16-11(14)15-2)5-8-6-9(12)3-4-10(8)13;1-2-7(9)8-3-5-10-6-4-8;3*1-2/h3-4,6-7H,5H2,1-2H3,(H2,14,15);2H,1,3-6H2;2*1-2H3;1H3. The lowest BCUT2D eigenvalue weighted by molar-refractivity contribution is -0.129. The van der Waals surface area contributed by atoms with Crippen LogP contribution in [0, 0.1) is 5.82 Å². The monoisotopic (exact) mass is 539 g/mol. The van der Waals surface area contributed by atoms with E-state index in [-0.39, 0.29) is 17.0 Å². The molecule has 0 saturated carbocycles. The SMILES string of the molecule is C=CC(=O)N1CCOCC1.CC.CC.CF.CN=C(N)SC(C)Cc1cc(Br)ccc1F. The fourth-order valence-corrected chi connectivity index (χ4v) is 3.41. The average molecular weight is 541 g/mol. The van der Waals surface area contributed by atoms with Gasteiger partial charge >= 0.3 is 0 Å². The molecule has 1 atom stereocenters. The van der Waals surface area contributed by atoms with Crippen LogP contribution in [0.25, 0.3) is 0 Å². The quantitative estimate of drug-likeness (QED) is 0.295. The van der Waals surface area contributed by atoms with Crippen LogP contribution in [-0.4, -0.2) is 61.8 Å². The third kappa shape index (κ3) is 17.1. The molecule has 1 saturated heterocycles. The summed E-state index contributed by atoms with van der Waals surface area (Å²) in [6, 6.07) is 4.96. The van der Waals surface area contributed by atoms with E-state index >= 15 is 0 Å². The fraction of sp³-hybridized carbons (Fsp3) is 0.565. The lowest BCUT2D eigenvalue weighted by Gasteiger charge is -2.25. The summed E-state index contributed by atoms with van der Waals surface area (Å²) in [4.78, 5) is 16.5. The Kier molecular flexibility index (Phi) is 26.6. The summed E-state index contributed by atoms with van der Waals surface area (Å²) < 4.78 is 28.9. The molecule has 0 radical (unpaired) electrons. The molecule has 1 fully saturated rings. The second-order valence-electron chi connectivity index (χ2n) is 5.57. The molecule has 0 bridgehead atoms. The van der Waals surface area contributed by atoms with Crippen molar-refractivity contribution < 1.29 is 18.3 Å². The number of thioether (sulfide) groups is 1. The second kappa shape index (κ2) is 24.2. The smallest absolute Gasteiger partial charge is 0.246 e. The van der Waals surface area contributed by atoms with Crippen molar-refractivity contribution in [1.29, 1.82) is 0 Å². The predicted octanol–water partition coefficient (Wildman–Crippen LogP) is 5.87. The molecule has 2 N–H and O–H groups in total. The predicted molar refractivity (Wildman–Crippen MR) is 140 cm³/mol. The van der Waals surface area contributed by atoms with Crippen LogP contribution in [0.3, 0.4) is 0 Å². The number of carbonyl (C=O) groups is 1. The van der Waals surface area contributed by atoms with Crippen LogP contribution in [-0.2, 0) is 16.0 Å². The summed E-state index contributed by atoms with van der Waals surface area (Å²) >= 11 is 4.78. The normalized spacial score (nSPS) is 13.3. The Morgan fingerprint density at radius 3 is 2.31 bits per heavy atom. The molecule has 0 aromatic heterocycles. The van der Waals surface area contributed by atoms with E-state index in [1.54, 1.807) is 24.1 Å². The molecule has 2 rings (SSSR count). The summed E-state index contributed by atoms with van der Waals surface area (Å²) in [6.07, 6.45) is 1.97. The van der Waals surface area contributed by atoms with Gasteiger partial charge in [0.05, 0.1) is 20.4 Å². The van der Waals surface area contributed by atoms with Gasteiger partial charge in [0.2, 0.25) is 5.91 Å². The van der Waals surface area contributed by atoms with Gasteiger partial charge in [-0.15, -0.1) is 0 Å². The van der Waals surface area contributed by atoms with E-state index in [0.717, 1.165) is 4.47 Å². The maximum atomic E-state index is 13.5. The molecule has 1 aromatic rings. The van der Waals surface area contributed by atoms with Crippen LogP contribution in [0.5, 0.6) is 0 Å². The second-order valence-corrected chi connectivity index (χ2v) is 7.95. The number of alkyl halides is 1. The zero-order valence-electron chi connectivity index (χ0n) is 20.5. The van der Waals surface area contributed by atoms with Gasteiger partial charge in [0, 0.05) is 29.9 Å². The number of ether oxygens (including phenoxy) is 1. The van der Waals surface area contributed by atoms with Crippen LogP contribution < -0.4 is 5.73 Å². The molecule has 1 heterocycles. The van der Waals surface area contributed by atoms with E-state index in [1.807, 2.05) is 34.6 Å². The minimum absolute atomic E-state index is 0.00306. The molecule has 1 unspecified atom stereocenters. The highest BCUT2D eigenvalue weighted by atomic mass is 79.9. The number of benzene rings is 1. The van der Waals surface area contributed by atoms with E-state index < -0.39 is 0 Å². The van der Waals surface area contributed by atoms with Gasteiger partial charge in [-0.25, -0.2) is 4.39 Å². The molecule has 5 nitrogen and oxygen atoms in total. The van der Waals surface area contributed by atoms with E-state index in [1.165, 1.54) is 23.9 Å². The van der Waals surface area contributed by atoms with Crippen LogP contribution in [0.1, 0.15) is 40.2 Å². The number of amidine groups is 1. The number of morpholine rings is 1. The zero-order chi connectivity index (χ0) is 25.5. The molecule has 0 aliphatic carbocycles. The van der Waals surface area contributed by atoms with Gasteiger partial charge in [0.1, 0.15) is 5.82 Å². The molecule has 9 heteroatoms. The third-order valence-electron chi connectivity index (χ3n) is 3.55. The minimum atomic E-state index is -0.178. The molecule has 0 spiro atoms. The summed E-state index contributed by atoms with van der Waals surface area (Å²) in [5, 5.41) is 0.732. The van der Waals surface area contributed by atoms with Gasteiger partial charge < -0.3 is 15.4 Å². The summed E-state index contributed by atoms with van der Waals surface area (Å²) in [5.74, 6) is -0.175. The third-order valence-corrected chi connectivity index (χ3v) is 5.04. The Bertz CT molecular complexity index is 644. The van der Waals surface area contributed by atoms with E-state index in [0.29, 0.717) is 50.6 Å². The Morgan fingerprint density at radius 2 is 1.84 bits per heavy atom. The summed E-state index contributed by atoms with van der Waals surface area (Å²) in [5.41, 5.74) is 6.30. The van der Waals surface area contributed by atoms with Gasteiger partial charge in [-0.2, -0.15) is 0 Å². The minimum Gasteiger partial charge on any atom is -0.379 e. The molecular formula is C23H40BrF2N3O2S. The number of aliphatic imine (C=N–C) groups is 1. The van der Waals surface area contributed by atoms with Gasteiger partial charge in [-0.05, 0) is 36.3 Å². The lowest BCUT2D eigenvalue weighted by atomic mass is 10.1.